The molecule has 1 heterocycles. The fourth-order valence-corrected chi connectivity index (χ4v) is 1.59. The van der Waals surface area contributed by atoms with Gasteiger partial charge in [-0.25, -0.2) is 4.68 Å². The topological polar surface area (TPSA) is 46.9 Å². The van der Waals surface area contributed by atoms with Gasteiger partial charge in [0.1, 0.15) is 11.0 Å². The normalized spacial score (nSPS) is 11.1. The van der Waals surface area contributed by atoms with Gasteiger partial charge in [-0.15, -0.1) is 12.3 Å². The second kappa shape index (κ2) is 5.91. The van der Waals surface area contributed by atoms with Gasteiger partial charge in [-0.2, -0.15) is 18.3 Å². The summed E-state index contributed by atoms with van der Waals surface area (Å²) in [5.74, 6) is 2.38. The molecule has 0 spiro atoms. The van der Waals surface area contributed by atoms with Crippen LogP contribution in [0.3, 0.4) is 0 Å². The molecule has 1 rings (SSSR count). The van der Waals surface area contributed by atoms with Crippen LogP contribution in [0, 0.1) is 12.3 Å². The number of hydrogen-bond acceptors (Lipinski definition) is 3. The number of nitrogens with zero attached hydrogens (tertiary/aromatic N) is 2. The zero-order valence-electron chi connectivity index (χ0n) is 9.09. The van der Waals surface area contributed by atoms with Crippen LogP contribution in [-0.2, 0) is 6.54 Å². The summed E-state index contributed by atoms with van der Waals surface area (Å²) in [4.78, 5) is 11.6. The number of anilines is 1. The van der Waals surface area contributed by atoms with Gasteiger partial charge in [0, 0.05) is 13.0 Å². The standard InChI is InChI=1S/C10H9BrF3N3O/c1-2-3-4-15-7-5-16-17(6-10(12,13)14)9(18)8(7)11/h1,5,15H,3-4,6H2. The molecular weight excluding hydrogens is 315 g/mol. The lowest BCUT2D eigenvalue weighted by Crippen LogP contribution is -2.31. The van der Waals surface area contributed by atoms with E-state index in [2.05, 4.69) is 32.3 Å². The molecule has 0 radical (unpaired) electrons. The quantitative estimate of drug-likeness (QED) is 0.681. The number of hydrogen-bond donors (Lipinski definition) is 1. The Morgan fingerprint density at radius 1 is 1.56 bits per heavy atom. The highest BCUT2D eigenvalue weighted by Gasteiger charge is 2.29. The SMILES string of the molecule is C#CCCNc1cnn(CC(F)(F)F)c(=O)c1Br. The maximum Gasteiger partial charge on any atom is 0.408 e. The molecule has 0 atom stereocenters. The summed E-state index contributed by atoms with van der Waals surface area (Å²) >= 11 is 2.94. The first-order valence-electron chi connectivity index (χ1n) is 4.85. The van der Waals surface area contributed by atoms with Crippen LogP contribution in [0.2, 0.25) is 0 Å². The van der Waals surface area contributed by atoms with Gasteiger partial charge in [-0.1, -0.05) is 0 Å². The van der Waals surface area contributed by atoms with Crippen LogP contribution in [0.1, 0.15) is 6.42 Å². The molecule has 0 aromatic carbocycles. The Morgan fingerprint density at radius 3 is 2.78 bits per heavy atom. The second-order valence-electron chi connectivity index (χ2n) is 3.33. The Bertz CT molecular complexity index is 519. The van der Waals surface area contributed by atoms with E-state index in [0.29, 0.717) is 23.3 Å². The molecule has 0 saturated heterocycles. The highest BCUT2D eigenvalue weighted by molar-refractivity contribution is 9.10. The van der Waals surface area contributed by atoms with E-state index < -0.39 is 18.3 Å². The second-order valence-corrected chi connectivity index (χ2v) is 4.12. The molecule has 0 aliphatic rings. The number of rotatable bonds is 4. The minimum Gasteiger partial charge on any atom is -0.382 e. The smallest absolute Gasteiger partial charge is 0.382 e. The van der Waals surface area contributed by atoms with Crippen molar-refractivity contribution in [2.75, 3.05) is 11.9 Å². The van der Waals surface area contributed by atoms with Crippen LogP contribution in [0.15, 0.2) is 15.5 Å². The number of nitrogens with one attached hydrogen (secondary N) is 1. The average Bonchev–Trinajstić information content (AvgIpc) is 2.27. The van der Waals surface area contributed by atoms with Gasteiger partial charge in [0.15, 0.2) is 0 Å². The highest BCUT2D eigenvalue weighted by Crippen LogP contribution is 2.19. The first-order chi connectivity index (χ1) is 8.35. The molecule has 0 unspecified atom stereocenters. The van der Waals surface area contributed by atoms with Crippen LogP contribution >= 0.6 is 15.9 Å². The lowest BCUT2D eigenvalue weighted by molar-refractivity contribution is -0.143. The molecule has 8 heteroatoms. The van der Waals surface area contributed by atoms with Crippen LogP contribution in [-0.4, -0.2) is 22.5 Å². The van der Waals surface area contributed by atoms with Crippen molar-refractivity contribution < 1.29 is 13.2 Å². The van der Waals surface area contributed by atoms with Gasteiger partial charge < -0.3 is 5.32 Å². The largest absolute Gasteiger partial charge is 0.408 e. The van der Waals surface area contributed by atoms with Crippen molar-refractivity contribution in [3.63, 3.8) is 0 Å². The Hall–Kier alpha value is -1.49. The van der Waals surface area contributed by atoms with E-state index >= 15 is 0 Å². The molecule has 0 bridgehead atoms. The number of halogens is 4. The van der Waals surface area contributed by atoms with E-state index in [1.165, 1.54) is 0 Å². The Balaban J connectivity index is 2.92. The summed E-state index contributed by atoms with van der Waals surface area (Å²) in [6.45, 7) is -1.02. The van der Waals surface area contributed by atoms with Gasteiger partial charge in [-0.3, -0.25) is 4.79 Å². The summed E-state index contributed by atoms with van der Waals surface area (Å²) in [7, 11) is 0. The molecule has 0 saturated carbocycles. The number of aromatic nitrogens is 2. The Morgan fingerprint density at radius 2 is 2.22 bits per heavy atom. The van der Waals surface area contributed by atoms with Crippen LogP contribution in [0.5, 0.6) is 0 Å². The molecule has 0 fully saturated rings. The minimum absolute atomic E-state index is 0.00114. The molecule has 1 aromatic rings. The number of terminal acetylenes is 1. The predicted molar refractivity (Wildman–Crippen MR) is 64.2 cm³/mol. The highest BCUT2D eigenvalue weighted by atomic mass is 79.9. The van der Waals surface area contributed by atoms with E-state index in [0.717, 1.165) is 6.20 Å². The van der Waals surface area contributed by atoms with E-state index in [-0.39, 0.29) is 4.47 Å². The first-order valence-corrected chi connectivity index (χ1v) is 5.64. The van der Waals surface area contributed by atoms with Gasteiger partial charge in [0.05, 0.1) is 11.9 Å². The maximum atomic E-state index is 12.1. The fourth-order valence-electron chi connectivity index (χ4n) is 1.14. The summed E-state index contributed by atoms with van der Waals surface area (Å²) in [5.41, 5.74) is -0.535. The molecule has 0 aliphatic heterocycles. The third-order valence-electron chi connectivity index (χ3n) is 1.90. The maximum absolute atomic E-state index is 12.1. The monoisotopic (exact) mass is 323 g/mol. The van der Waals surface area contributed by atoms with Crippen molar-refractivity contribution in [3.8, 4) is 12.3 Å². The molecule has 4 nitrogen and oxygen atoms in total. The van der Waals surface area contributed by atoms with Crippen molar-refractivity contribution in [2.45, 2.75) is 19.1 Å². The van der Waals surface area contributed by atoms with Crippen molar-refractivity contribution in [1.82, 2.24) is 9.78 Å². The lowest BCUT2D eigenvalue weighted by atomic mass is 10.4. The third kappa shape index (κ3) is 4.07. The van der Waals surface area contributed by atoms with Crippen LogP contribution in [0.4, 0.5) is 18.9 Å². The summed E-state index contributed by atoms with van der Waals surface area (Å²) < 4.78 is 36.8. The van der Waals surface area contributed by atoms with Crippen LogP contribution < -0.4 is 10.9 Å². The van der Waals surface area contributed by atoms with Crippen molar-refractivity contribution >= 4 is 21.6 Å². The zero-order chi connectivity index (χ0) is 13.8. The van der Waals surface area contributed by atoms with E-state index in [1.54, 1.807) is 0 Å². The van der Waals surface area contributed by atoms with Crippen LogP contribution in [0.25, 0.3) is 0 Å². The fraction of sp³-hybridized carbons (Fsp3) is 0.400. The molecule has 0 amide bonds. The van der Waals surface area contributed by atoms with Gasteiger partial charge in [-0.05, 0) is 15.9 Å². The van der Waals surface area contributed by atoms with Crippen molar-refractivity contribution in [3.05, 3.63) is 21.0 Å². The molecule has 1 aromatic heterocycles. The van der Waals surface area contributed by atoms with Crippen molar-refractivity contribution in [2.24, 2.45) is 0 Å². The van der Waals surface area contributed by atoms with Gasteiger partial charge in [0.25, 0.3) is 5.56 Å². The zero-order valence-corrected chi connectivity index (χ0v) is 10.7. The van der Waals surface area contributed by atoms with E-state index in [9.17, 15) is 18.0 Å². The average molecular weight is 324 g/mol. The number of alkyl halides is 3. The van der Waals surface area contributed by atoms with E-state index in [4.69, 9.17) is 6.42 Å². The molecule has 0 aliphatic carbocycles. The Labute approximate surface area is 109 Å². The molecule has 18 heavy (non-hydrogen) atoms. The predicted octanol–water partition coefficient (Wildman–Crippen LogP) is 2.00. The summed E-state index contributed by atoms with van der Waals surface area (Å²) in [6.07, 6.45) is 2.13. The minimum atomic E-state index is -4.49. The lowest BCUT2D eigenvalue weighted by Gasteiger charge is -2.11. The van der Waals surface area contributed by atoms with Crippen molar-refractivity contribution in [1.29, 1.82) is 0 Å². The molecule has 98 valence electrons. The molecule has 1 N–H and O–H groups in total. The Kier molecular flexibility index (Phi) is 4.78. The summed E-state index contributed by atoms with van der Waals surface area (Å²) in [6, 6.07) is 0. The molecular formula is C10H9BrF3N3O. The summed E-state index contributed by atoms with van der Waals surface area (Å²) in [5, 5.41) is 6.24. The van der Waals surface area contributed by atoms with Gasteiger partial charge in [0.2, 0.25) is 0 Å². The third-order valence-corrected chi connectivity index (χ3v) is 2.67. The van der Waals surface area contributed by atoms with Gasteiger partial charge >= 0.3 is 6.18 Å². The van der Waals surface area contributed by atoms with E-state index in [1.807, 2.05) is 0 Å². The first kappa shape index (κ1) is 14.6.